The Kier molecular flexibility index (Phi) is 6.76. The van der Waals surface area contributed by atoms with Gasteiger partial charge in [-0.1, -0.05) is 83.8 Å². The van der Waals surface area contributed by atoms with Crippen molar-refractivity contribution < 1.29 is 9.53 Å². The Bertz CT molecular complexity index is 1170. The molecule has 166 valence electrons. The summed E-state index contributed by atoms with van der Waals surface area (Å²) in [6, 6.07) is 19.8. The number of ether oxygens (including phenoxy) is 1. The summed E-state index contributed by atoms with van der Waals surface area (Å²) in [4.78, 5) is 13.2. The number of carbonyl (C=O) groups is 1. The predicted octanol–water partition coefficient (Wildman–Crippen LogP) is 5.29. The van der Waals surface area contributed by atoms with E-state index in [-0.39, 0.29) is 0 Å². The van der Waals surface area contributed by atoms with Crippen molar-refractivity contribution in [3.8, 4) is 0 Å². The van der Waals surface area contributed by atoms with E-state index in [1.165, 1.54) is 16.9 Å². The molecule has 1 N–H and O–H groups in total. The van der Waals surface area contributed by atoms with Crippen molar-refractivity contribution in [3.63, 3.8) is 0 Å². The van der Waals surface area contributed by atoms with E-state index >= 15 is 0 Å². The number of hydrogen-bond donors (Lipinski definition) is 1. The highest BCUT2D eigenvalue weighted by Crippen LogP contribution is 2.29. The lowest BCUT2D eigenvalue weighted by molar-refractivity contribution is 0.0500. The lowest BCUT2D eigenvalue weighted by Crippen LogP contribution is -2.36. The molecule has 0 bridgehead atoms. The molecule has 0 aliphatic carbocycles. The van der Waals surface area contributed by atoms with Crippen LogP contribution >= 0.6 is 23.1 Å². The smallest absolute Gasteiger partial charge is 0.408 e. The zero-order chi connectivity index (χ0) is 22.6. The van der Waals surface area contributed by atoms with Crippen molar-refractivity contribution in [2.45, 2.75) is 48.9 Å². The standard InChI is InChI=1S/C23H25N5O2S2/c1-23(2,3)30-21(29)24-18(14-16-10-6-4-7-11-16)19-25-26-20-28(19)27-22(32-20)31-15-17-12-8-5-9-13-17/h4-13,18H,14-15H2,1-3H3,(H,24,29)/t18-/m0/s1. The number of aromatic nitrogens is 4. The van der Waals surface area contributed by atoms with Gasteiger partial charge in [-0.25, -0.2) is 4.79 Å². The Labute approximate surface area is 195 Å². The molecule has 32 heavy (non-hydrogen) atoms. The van der Waals surface area contributed by atoms with Crippen LogP contribution in [0.15, 0.2) is 65.0 Å². The zero-order valence-corrected chi connectivity index (χ0v) is 19.8. The first-order valence-corrected chi connectivity index (χ1v) is 12.1. The number of rotatable bonds is 7. The topological polar surface area (TPSA) is 81.4 Å². The summed E-state index contributed by atoms with van der Waals surface area (Å²) < 4.78 is 8.10. The Hall–Kier alpha value is -2.91. The van der Waals surface area contributed by atoms with Crippen LogP contribution in [-0.2, 0) is 16.9 Å². The van der Waals surface area contributed by atoms with Gasteiger partial charge in [-0.3, -0.25) is 0 Å². The minimum Gasteiger partial charge on any atom is -0.444 e. The highest BCUT2D eigenvalue weighted by Gasteiger charge is 2.26. The lowest BCUT2D eigenvalue weighted by atomic mass is 10.1. The second-order valence-electron chi connectivity index (χ2n) is 8.28. The van der Waals surface area contributed by atoms with Gasteiger partial charge in [0.25, 0.3) is 0 Å². The van der Waals surface area contributed by atoms with Crippen LogP contribution in [0.2, 0.25) is 0 Å². The van der Waals surface area contributed by atoms with E-state index in [0.717, 1.165) is 15.7 Å². The molecule has 4 aromatic rings. The molecular formula is C23H25N5O2S2. The minimum absolute atomic E-state index is 0.434. The van der Waals surface area contributed by atoms with Gasteiger partial charge in [-0.15, -0.1) is 15.3 Å². The number of benzene rings is 2. The van der Waals surface area contributed by atoms with Crippen LogP contribution in [0.4, 0.5) is 4.79 Å². The van der Waals surface area contributed by atoms with Crippen molar-refractivity contribution in [1.82, 2.24) is 25.1 Å². The average molecular weight is 468 g/mol. The number of nitrogens with one attached hydrogen (secondary N) is 1. The van der Waals surface area contributed by atoms with E-state index in [0.29, 0.717) is 17.2 Å². The number of amides is 1. The first-order chi connectivity index (χ1) is 15.4. The van der Waals surface area contributed by atoms with Crippen LogP contribution in [0, 0.1) is 0 Å². The molecule has 2 heterocycles. The summed E-state index contributed by atoms with van der Waals surface area (Å²) in [5.41, 5.74) is 1.71. The average Bonchev–Trinajstić information content (AvgIpc) is 3.32. The molecule has 0 unspecified atom stereocenters. The molecule has 1 amide bonds. The number of hydrogen-bond acceptors (Lipinski definition) is 7. The van der Waals surface area contributed by atoms with Gasteiger partial charge in [0.05, 0.1) is 6.04 Å². The number of thioether (sulfide) groups is 1. The van der Waals surface area contributed by atoms with Crippen molar-refractivity contribution in [1.29, 1.82) is 0 Å². The van der Waals surface area contributed by atoms with Gasteiger partial charge < -0.3 is 10.1 Å². The summed E-state index contributed by atoms with van der Waals surface area (Å²) >= 11 is 3.14. The van der Waals surface area contributed by atoms with Gasteiger partial charge in [0.2, 0.25) is 4.96 Å². The number of carbonyl (C=O) groups excluding carboxylic acids is 1. The van der Waals surface area contributed by atoms with Crippen LogP contribution in [0.25, 0.3) is 4.96 Å². The Balaban J connectivity index is 1.57. The van der Waals surface area contributed by atoms with E-state index in [1.807, 2.05) is 69.3 Å². The second kappa shape index (κ2) is 9.70. The molecule has 9 heteroatoms. The highest BCUT2D eigenvalue weighted by atomic mass is 32.2. The molecule has 2 aromatic heterocycles. The van der Waals surface area contributed by atoms with Gasteiger partial charge in [0.1, 0.15) is 5.60 Å². The van der Waals surface area contributed by atoms with E-state index < -0.39 is 17.7 Å². The lowest BCUT2D eigenvalue weighted by Gasteiger charge is -2.22. The van der Waals surface area contributed by atoms with Crippen LogP contribution in [0.3, 0.4) is 0 Å². The summed E-state index contributed by atoms with van der Waals surface area (Å²) in [6.45, 7) is 5.51. The summed E-state index contributed by atoms with van der Waals surface area (Å²) in [6.07, 6.45) is 0.0503. The van der Waals surface area contributed by atoms with E-state index in [9.17, 15) is 4.79 Å². The molecule has 0 radical (unpaired) electrons. The zero-order valence-electron chi connectivity index (χ0n) is 18.2. The fourth-order valence-corrected chi connectivity index (χ4v) is 4.96. The SMILES string of the molecule is CC(C)(C)OC(=O)N[C@@H](Cc1ccccc1)c1nnc2sc(SCc3ccccc3)nn12. The van der Waals surface area contributed by atoms with Crippen molar-refractivity contribution >= 4 is 34.2 Å². The molecule has 0 aliphatic heterocycles. The monoisotopic (exact) mass is 467 g/mol. The van der Waals surface area contributed by atoms with Gasteiger partial charge >= 0.3 is 6.09 Å². The van der Waals surface area contributed by atoms with Crippen LogP contribution in [0.5, 0.6) is 0 Å². The first kappa shape index (κ1) is 22.3. The van der Waals surface area contributed by atoms with Crippen molar-refractivity contribution in [2.75, 3.05) is 0 Å². The van der Waals surface area contributed by atoms with Gasteiger partial charge in [-0.05, 0) is 31.9 Å². The fraction of sp³-hybridized carbons (Fsp3) is 0.304. The molecule has 0 saturated carbocycles. The Morgan fingerprint density at radius 3 is 2.38 bits per heavy atom. The van der Waals surface area contributed by atoms with E-state index in [2.05, 4.69) is 27.6 Å². The Morgan fingerprint density at radius 1 is 1.06 bits per heavy atom. The number of nitrogens with zero attached hydrogens (tertiary/aromatic N) is 4. The molecule has 1 atom stereocenters. The second-order valence-corrected chi connectivity index (χ2v) is 10.5. The molecule has 4 rings (SSSR count). The highest BCUT2D eigenvalue weighted by molar-refractivity contribution is 8.00. The maximum atomic E-state index is 12.5. The summed E-state index contributed by atoms with van der Waals surface area (Å²) in [5.74, 6) is 1.40. The molecule has 0 aliphatic rings. The van der Waals surface area contributed by atoms with Gasteiger partial charge in [0, 0.05) is 12.2 Å². The normalized spacial score (nSPS) is 12.6. The molecular weight excluding hydrogens is 442 g/mol. The van der Waals surface area contributed by atoms with E-state index in [1.54, 1.807) is 16.3 Å². The summed E-state index contributed by atoms with van der Waals surface area (Å²) in [7, 11) is 0. The molecule has 0 fully saturated rings. The molecule has 7 nitrogen and oxygen atoms in total. The van der Waals surface area contributed by atoms with E-state index in [4.69, 9.17) is 9.84 Å². The Morgan fingerprint density at radius 2 is 1.72 bits per heavy atom. The maximum absolute atomic E-state index is 12.5. The largest absolute Gasteiger partial charge is 0.444 e. The van der Waals surface area contributed by atoms with Crippen LogP contribution in [0.1, 0.15) is 43.8 Å². The van der Waals surface area contributed by atoms with Crippen LogP contribution in [-0.4, -0.2) is 31.5 Å². The van der Waals surface area contributed by atoms with Crippen molar-refractivity contribution in [3.05, 3.63) is 77.6 Å². The van der Waals surface area contributed by atoms with Crippen molar-refractivity contribution in [2.24, 2.45) is 0 Å². The van der Waals surface area contributed by atoms with Gasteiger partial charge in [0.15, 0.2) is 10.2 Å². The fourth-order valence-electron chi connectivity index (χ4n) is 3.12. The molecule has 2 aromatic carbocycles. The van der Waals surface area contributed by atoms with Crippen LogP contribution < -0.4 is 5.32 Å². The molecule has 0 saturated heterocycles. The third kappa shape index (κ3) is 5.86. The summed E-state index contributed by atoms with van der Waals surface area (Å²) in [5, 5.41) is 16.3. The predicted molar refractivity (Wildman–Crippen MR) is 127 cm³/mol. The third-order valence-electron chi connectivity index (χ3n) is 4.49. The minimum atomic E-state index is -0.594. The number of alkyl carbamates (subject to hydrolysis) is 1. The quantitative estimate of drug-likeness (QED) is 0.372. The van der Waals surface area contributed by atoms with Gasteiger partial charge in [-0.2, -0.15) is 4.52 Å². The third-order valence-corrected chi connectivity index (χ3v) is 6.59. The number of fused-ring (bicyclic) bond motifs is 1. The maximum Gasteiger partial charge on any atom is 0.408 e. The first-order valence-electron chi connectivity index (χ1n) is 10.3. The molecule has 0 spiro atoms.